The topological polar surface area (TPSA) is 428 Å². The quantitative estimate of drug-likeness (QED) is 0.247. The van der Waals surface area contributed by atoms with Crippen molar-refractivity contribution in [2.24, 2.45) is 0 Å². The van der Waals surface area contributed by atoms with E-state index in [1.165, 1.54) is 0 Å². The predicted octanol–water partition coefficient (Wildman–Crippen LogP) is 1.72. The van der Waals surface area contributed by atoms with Crippen molar-refractivity contribution < 1.29 is 119 Å². The van der Waals surface area contributed by atoms with Crippen LogP contribution in [0.15, 0.2) is 0 Å². The Morgan fingerprint density at radius 3 is 0.116 bits per heavy atom. The molecule has 0 N–H and O–H groups in total. The molecule has 25 heteroatoms. The van der Waals surface area contributed by atoms with Crippen molar-refractivity contribution in [3.8, 4) is 0 Å². The molecule has 0 amide bonds. The van der Waals surface area contributed by atoms with E-state index in [1.54, 1.807) is 0 Å². The van der Waals surface area contributed by atoms with Crippen molar-refractivity contribution in [1.29, 1.82) is 94.7 Å². The van der Waals surface area contributed by atoms with Gasteiger partial charge in [0.1, 0.15) is 0 Å². The fraction of sp³-hybridized carbons (Fsp3) is 0. The van der Waals surface area contributed by atoms with Gasteiger partial charge in [-0.05, 0) is 0 Å². The third-order valence-electron chi connectivity index (χ3n) is 0. The summed E-state index contributed by atoms with van der Waals surface area (Å²) in [5.41, 5.74) is 0. The molecular weight excluding hydrogens is 859 g/mol. The van der Waals surface area contributed by atoms with Gasteiger partial charge in [-0.3, -0.25) is 0 Å². The molecule has 0 saturated carbocycles. The monoisotopic (exact) mass is 860 g/mol. The Labute approximate surface area is 329 Å². The van der Waals surface area contributed by atoms with Crippen molar-refractivity contribution in [1.82, 2.24) is 0 Å². The molecule has 0 saturated heterocycles. The van der Waals surface area contributed by atoms with Gasteiger partial charge in [-0.15, -0.1) is 0 Å². The second-order valence-electron chi connectivity index (χ2n) is 0. The SMILES string of the molecule is [C-]#N.[C-]#N.[C-]#N.[C-]#N.[C-]#N.[C-]#N.[C-]#N.[C-]#N.[C-]#N.[C-]#N.[C-]#N.[C-]#N.[C-]#N.[C-]#N.[C-]#N.[C-]#N.[C-]#N.[C-]#N.[Fe+2].[Fe+2].[Fe+2].[Fe+3].[Fe+3].[Fe+3].[Fe+3]. The molecule has 0 bridgehead atoms. The third-order valence-corrected chi connectivity index (χ3v) is 0. The summed E-state index contributed by atoms with van der Waals surface area (Å²) in [5.74, 6) is 0. The van der Waals surface area contributed by atoms with Gasteiger partial charge in [-0.1, -0.05) is 0 Å². The zero-order valence-corrected chi connectivity index (χ0v) is 27.3. The van der Waals surface area contributed by atoms with Crippen LogP contribution in [-0.2, 0) is 119 Å². The minimum atomic E-state index is 0. The van der Waals surface area contributed by atoms with Gasteiger partial charge in [-0.25, -0.2) is 0 Å². The van der Waals surface area contributed by atoms with Gasteiger partial charge >= 0.3 is 119 Å². The third kappa shape index (κ3) is 1410. The van der Waals surface area contributed by atoms with Gasteiger partial charge in [0, 0.05) is 0 Å². The molecule has 0 atom stereocenters. The Morgan fingerprint density at radius 2 is 0.116 bits per heavy atom. The van der Waals surface area contributed by atoms with Gasteiger partial charge in [0.15, 0.2) is 0 Å². The Balaban J connectivity index is -0.00000000344. The van der Waals surface area contributed by atoms with E-state index in [-0.39, 0.29) is 119 Å². The largest absolute Gasteiger partial charge is 3.00 e. The van der Waals surface area contributed by atoms with Crippen molar-refractivity contribution in [3.63, 3.8) is 0 Å². The first-order valence-electron chi connectivity index (χ1n) is 4.02. The van der Waals surface area contributed by atoms with E-state index >= 15 is 0 Å². The molecule has 43 heavy (non-hydrogen) atoms. The molecule has 0 spiro atoms. The van der Waals surface area contributed by atoms with Gasteiger partial charge in [0.25, 0.3) is 0 Å². The molecule has 218 valence electrons. The normalized spacial score (nSPS) is 0.837. The second kappa shape index (κ2) is 1490. The first-order chi connectivity index (χ1) is 18.0. The maximum atomic E-state index is 6.25. The first-order valence-corrected chi connectivity index (χ1v) is 4.02. The molecular formula is C18Fe7N18. The van der Waals surface area contributed by atoms with Crippen molar-refractivity contribution >= 4 is 0 Å². The number of rotatable bonds is 0. The summed E-state index contributed by atoms with van der Waals surface area (Å²) >= 11 is 0. The van der Waals surface area contributed by atoms with E-state index in [1.807, 2.05) is 0 Å². The van der Waals surface area contributed by atoms with Gasteiger partial charge in [0.2, 0.25) is 0 Å². The van der Waals surface area contributed by atoms with E-state index in [4.69, 9.17) is 213 Å². The van der Waals surface area contributed by atoms with Crippen LogP contribution in [0.5, 0.6) is 0 Å². The Kier molecular flexibility index (Phi) is 11100. The molecule has 0 aromatic rings. The molecule has 4 radical (unpaired) electrons. The van der Waals surface area contributed by atoms with Crippen LogP contribution in [0.4, 0.5) is 0 Å². The summed E-state index contributed by atoms with van der Waals surface area (Å²) in [6, 6.07) is 0. The summed E-state index contributed by atoms with van der Waals surface area (Å²) in [4.78, 5) is 0. The summed E-state index contributed by atoms with van der Waals surface area (Å²) < 4.78 is 0. The molecule has 0 aromatic heterocycles. The molecule has 0 aliphatic carbocycles. The van der Waals surface area contributed by atoms with Gasteiger partial charge in [-0.2, -0.15) is 0 Å². The van der Waals surface area contributed by atoms with Crippen LogP contribution >= 0.6 is 0 Å². The summed E-state index contributed by atoms with van der Waals surface area (Å²) in [5, 5.41) is 112. The zero-order valence-electron chi connectivity index (χ0n) is 19.5. The van der Waals surface area contributed by atoms with Crippen LogP contribution in [0.25, 0.3) is 0 Å². The minimum Gasteiger partial charge on any atom is -0.512 e. The second-order valence-corrected chi connectivity index (χ2v) is 0. The van der Waals surface area contributed by atoms with E-state index in [0.29, 0.717) is 0 Å². The standard InChI is InChI=1S/18CN.7Fe/c18*1-2;;;;;;;/q18*-1;3*+2;4*+3. The molecule has 18 nitrogen and oxygen atoms in total. The van der Waals surface area contributed by atoms with E-state index in [2.05, 4.69) is 0 Å². The van der Waals surface area contributed by atoms with Crippen LogP contribution in [0, 0.1) is 213 Å². The average molecular weight is 859 g/mol. The smallest absolute Gasteiger partial charge is 0.512 e. The fourth-order valence-corrected chi connectivity index (χ4v) is 0. The van der Waals surface area contributed by atoms with Crippen molar-refractivity contribution in [2.75, 3.05) is 0 Å². The van der Waals surface area contributed by atoms with Crippen LogP contribution < -0.4 is 0 Å². The number of hydrogen-bond acceptors (Lipinski definition) is 18. The molecule has 0 aliphatic heterocycles. The minimum absolute atomic E-state index is 0. The van der Waals surface area contributed by atoms with Crippen molar-refractivity contribution in [3.05, 3.63) is 118 Å². The van der Waals surface area contributed by atoms with E-state index < -0.39 is 0 Å². The molecule has 0 aromatic carbocycles. The van der Waals surface area contributed by atoms with Crippen LogP contribution in [0.3, 0.4) is 0 Å². The van der Waals surface area contributed by atoms with E-state index in [9.17, 15) is 0 Å². The molecule has 0 unspecified atom stereocenters. The average Bonchev–Trinajstić information content (AvgIpc) is 3.13. The molecule has 0 heterocycles. The van der Waals surface area contributed by atoms with E-state index in [0.717, 1.165) is 0 Å². The fourth-order valence-electron chi connectivity index (χ4n) is 0. The summed E-state index contributed by atoms with van der Waals surface area (Å²) in [7, 11) is 0. The molecule has 0 rings (SSSR count). The maximum absolute atomic E-state index is 6.25. The maximum Gasteiger partial charge on any atom is 3.00 e. The first kappa shape index (κ1) is 321. The van der Waals surface area contributed by atoms with Crippen LogP contribution in [0.2, 0.25) is 0 Å². The Hall–Kier alpha value is -5.54. The number of nitrogens with zero attached hydrogens (tertiary/aromatic N) is 18. The predicted molar refractivity (Wildman–Crippen MR) is 89.4 cm³/mol. The van der Waals surface area contributed by atoms with Crippen molar-refractivity contribution in [2.45, 2.75) is 0 Å². The summed E-state index contributed by atoms with van der Waals surface area (Å²) in [6.07, 6.45) is 0. The molecule has 0 aliphatic rings. The Morgan fingerprint density at radius 1 is 0.116 bits per heavy atom. The zero-order chi connectivity index (χ0) is 36.0. The number of hydrogen-bond donors (Lipinski definition) is 0. The van der Waals surface area contributed by atoms with Crippen LogP contribution in [0.1, 0.15) is 0 Å². The Bertz CT molecular complexity index is 374. The summed E-state index contributed by atoms with van der Waals surface area (Å²) in [6.45, 7) is 85.5. The molecule has 0 fully saturated rings. The van der Waals surface area contributed by atoms with Crippen LogP contribution in [-0.4, -0.2) is 0 Å². The van der Waals surface area contributed by atoms with Gasteiger partial charge < -0.3 is 213 Å². The van der Waals surface area contributed by atoms with Gasteiger partial charge in [0.05, 0.1) is 0 Å².